The average Bonchev–Trinajstić information content (AvgIpc) is 2.34. The number of hydrogen-bond donors (Lipinski definition) is 2. The number of aromatic hydroxyl groups is 1. The minimum absolute atomic E-state index is 0.193. The number of rotatable bonds is 3. The molecule has 2 N–H and O–H groups in total. The number of benzene rings is 2. The summed E-state index contributed by atoms with van der Waals surface area (Å²) in [7, 11) is 0. The fraction of sp³-hybridized carbons (Fsp3) is 0. The molecule has 0 aromatic heterocycles. The monoisotopic (exact) mass is 368 g/mol. The van der Waals surface area contributed by atoms with Crippen molar-refractivity contribution in [3.8, 4) is 5.75 Å². The molecule has 18 heavy (non-hydrogen) atoms. The Labute approximate surface area is 122 Å². The average molecular weight is 370 g/mol. The molecule has 0 aliphatic rings. The highest BCUT2D eigenvalue weighted by molar-refractivity contribution is 9.10. The summed E-state index contributed by atoms with van der Waals surface area (Å²) in [6.07, 6.45) is 1.57. The van der Waals surface area contributed by atoms with Gasteiger partial charge in [-0.1, -0.05) is 37.9 Å². The van der Waals surface area contributed by atoms with Crippen LogP contribution in [0.15, 0.2) is 56.5 Å². The van der Waals surface area contributed by atoms with Crippen LogP contribution in [0.2, 0.25) is 0 Å². The molecule has 0 aliphatic carbocycles. The third-order valence-electron chi connectivity index (χ3n) is 2.21. The van der Waals surface area contributed by atoms with Gasteiger partial charge in [-0.2, -0.15) is 5.10 Å². The number of phenolic OH excluding ortho intramolecular Hbond substituents is 1. The summed E-state index contributed by atoms with van der Waals surface area (Å²) >= 11 is 6.73. The Morgan fingerprint density at radius 1 is 1.06 bits per heavy atom. The lowest BCUT2D eigenvalue weighted by Gasteiger charge is -2.01. The van der Waals surface area contributed by atoms with E-state index in [2.05, 4.69) is 42.4 Å². The molecule has 0 aliphatic heterocycles. The molecule has 5 heteroatoms. The Bertz CT molecular complexity index is 585. The Morgan fingerprint density at radius 3 is 2.61 bits per heavy atom. The molecule has 0 heterocycles. The molecular weight excluding hydrogens is 360 g/mol. The van der Waals surface area contributed by atoms with Crippen molar-refractivity contribution >= 4 is 43.8 Å². The Balaban J connectivity index is 2.10. The van der Waals surface area contributed by atoms with Crippen molar-refractivity contribution < 1.29 is 5.11 Å². The molecule has 2 aromatic carbocycles. The maximum atomic E-state index is 9.63. The zero-order valence-electron chi connectivity index (χ0n) is 9.27. The largest absolute Gasteiger partial charge is 0.507 e. The van der Waals surface area contributed by atoms with Crippen molar-refractivity contribution in [2.24, 2.45) is 5.10 Å². The molecule has 92 valence electrons. The first kappa shape index (κ1) is 13.1. The van der Waals surface area contributed by atoms with E-state index in [1.165, 1.54) is 0 Å². The fourth-order valence-electron chi connectivity index (χ4n) is 1.36. The van der Waals surface area contributed by atoms with Gasteiger partial charge in [0.25, 0.3) is 0 Å². The molecule has 2 rings (SSSR count). The van der Waals surface area contributed by atoms with Crippen LogP contribution in [0.3, 0.4) is 0 Å². The number of hydrazone groups is 1. The SMILES string of the molecule is Oc1ccc(Br)cc1/C=N\Nc1cccc(Br)c1. The maximum Gasteiger partial charge on any atom is 0.124 e. The molecular formula is C13H10Br2N2O. The van der Waals surface area contributed by atoms with Gasteiger partial charge in [0, 0.05) is 14.5 Å². The van der Waals surface area contributed by atoms with Crippen molar-refractivity contribution in [3.63, 3.8) is 0 Å². The van der Waals surface area contributed by atoms with Gasteiger partial charge in [-0.25, -0.2) is 0 Å². The maximum absolute atomic E-state index is 9.63. The summed E-state index contributed by atoms with van der Waals surface area (Å²) in [5.74, 6) is 0.193. The van der Waals surface area contributed by atoms with E-state index < -0.39 is 0 Å². The zero-order valence-corrected chi connectivity index (χ0v) is 12.4. The van der Waals surface area contributed by atoms with E-state index in [0.717, 1.165) is 14.6 Å². The molecule has 0 radical (unpaired) electrons. The van der Waals surface area contributed by atoms with Gasteiger partial charge in [-0.15, -0.1) is 0 Å². The molecule has 0 bridgehead atoms. The molecule has 3 nitrogen and oxygen atoms in total. The summed E-state index contributed by atoms with van der Waals surface area (Å²) in [4.78, 5) is 0. The summed E-state index contributed by atoms with van der Waals surface area (Å²) in [5, 5.41) is 13.7. The third kappa shape index (κ3) is 3.58. The highest BCUT2D eigenvalue weighted by Gasteiger charge is 1.98. The van der Waals surface area contributed by atoms with Gasteiger partial charge in [0.05, 0.1) is 11.9 Å². The zero-order chi connectivity index (χ0) is 13.0. The molecule has 0 amide bonds. The Kier molecular flexibility index (Phi) is 4.38. The number of nitrogens with zero attached hydrogens (tertiary/aromatic N) is 1. The van der Waals surface area contributed by atoms with Crippen LogP contribution in [0.4, 0.5) is 5.69 Å². The van der Waals surface area contributed by atoms with Gasteiger partial charge in [-0.3, -0.25) is 5.43 Å². The van der Waals surface area contributed by atoms with Gasteiger partial charge in [-0.05, 0) is 36.4 Å². The highest BCUT2D eigenvalue weighted by Crippen LogP contribution is 2.20. The minimum atomic E-state index is 0.193. The van der Waals surface area contributed by atoms with E-state index in [1.807, 2.05) is 24.3 Å². The van der Waals surface area contributed by atoms with Gasteiger partial charge in [0.2, 0.25) is 0 Å². The van der Waals surface area contributed by atoms with Crippen LogP contribution < -0.4 is 5.43 Å². The Morgan fingerprint density at radius 2 is 1.83 bits per heavy atom. The van der Waals surface area contributed by atoms with Crippen LogP contribution in [0.5, 0.6) is 5.75 Å². The molecule has 0 atom stereocenters. The van der Waals surface area contributed by atoms with Crippen molar-refractivity contribution in [1.29, 1.82) is 0 Å². The van der Waals surface area contributed by atoms with Gasteiger partial charge in [0.15, 0.2) is 0 Å². The van der Waals surface area contributed by atoms with Crippen LogP contribution in [-0.2, 0) is 0 Å². The first-order chi connectivity index (χ1) is 8.65. The third-order valence-corrected chi connectivity index (χ3v) is 3.20. The number of phenols is 1. The van der Waals surface area contributed by atoms with E-state index in [9.17, 15) is 5.11 Å². The number of anilines is 1. The summed E-state index contributed by atoms with van der Waals surface area (Å²) < 4.78 is 1.87. The fourth-order valence-corrected chi connectivity index (χ4v) is 2.14. The van der Waals surface area contributed by atoms with Crippen LogP contribution >= 0.6 is 31.9 Å². The topological polar surface area (TPSA) is 44.6 Å². The number of hydrogen-bond acceptors (Lipinski definition) is 3. The first-order valence-electron chi connectivity index (χ1n) is 5.18. The standard InChI is InChI=1S/C13H10Br2N2O/c14-10-2-1-3-12(7-10)17-16-8-9-6-11(15)4-5-13(9)18/h1-8,17-18H/b16-8-. The quantitative estimate of drug-likeness (QED) is 0.623. The van der Waals surface area contributed by atoms with E-state index in [4.69, 9.17) is 0 Å². The second kappa shape index (κ2) is 6.02. The van der Waals surface area contributed by atoms with Crippen molar-refractivity contribution in [3.05, 3.63) is 57.0 Å². The van der Waals surface area contributed by atoms with E-state index in [1.54, 1.807) is 24.4 Å². The molecule has 2 aromatic rings. The molecule has 0 unspecified atom stereocenters. The van der Waals surface area contributed by atoms with E-state index in [0.29, 0.717) is 5.56 Å². The minimum Gasteiger partial charge on any atom is -0.507 e. The number of halogens is 2. The Hall–Kier alpha value is -1.33. The van der Waals surface area contributed by atoms with Crippen molar-refractivity contribution in [2.45, 2.75) is 0 Å². The van der Waals surface area contributed by atoms with Crippen LogP contribution in [0.25, 0.3) is 0 Å². The summed E-state index contributed by atoms with van der Waals surface area (Å²) in [6.45, 7) is 0. The lowest BCUT2D eigenvalue weighted by atomic mass is 10.2. The lowest BCUT2D eigenvalue weighted by Crippen LogP contribution is -1.91. The van der Waals surface area contributed by atoms with Gasteiger partial charge >= 0.3 is 0 Å². The molecule has 0 saturated heterocycles. The molecule has 0 spiro atoms. The summed E-state index contributed by atoms with van der Waals surface area (Å²) in [5.41, 5.74) is 4.41. The van der Waals surface area contributed by atoms with Crippen LogP contribution in [-0.4, -0.2) is 11.3 Å². The highest BCUT2D eigenvalue weighted by atomic mass is 79.9. The predicted octanol–water partition coefficient (Wildman–Crippen LogP) is 4.36. The predicted molar refractivity (Wildman–Crippen MR) is 81.2 cm³/mol. The molecule has 0 fully saturated rings. The van der Waals surface area contributed by atoms with Crippen molar-refractivity contribution in [1.82, 2.24) is 0 Å². The smallest absolute Gasteiger partial charge is 0.124 e. The van der Waals surface area contributed by atoms with Crippen LogP contribution in [0, 0.1) is 0 Å². The van der Waals surface area contributed by atoms with Crippen molar-refractivity contribution in [2.75, 3.05) is 5.43 Å². The number of nitrogens with one attached hydrogen (secondary N) is 1. The van der Waals surface area contributed by atoms with Crippen LogP contribution in [0.1, 0.15) is 5.56 Å². The summed E-state index contributed by atoms with van der Waals surface area (Å²) in [6, 6.07) is 12.9. The molecule has 0 saturated carbocycles. The van der Waals surface area contributed by atoms with E-state index >= 15 is 0 Å². The normalized spacial score (nSPS) is 10.8. The van der Waals surface area contributed by atoms with Gasteiger partial charge < -0.3 is 5.11 Å². The lowest BCUT2D eigenvalue weighted by molar-refractivity contribution is 0.474. The van der Waals surface area contributed by atoms with Gasteiger partial charge in [0.1, 0.15) is 5.75 Å². The second-order valence-electron chi connectivity index (χ2n) is 3.58. The second-order valence-corrected chi connectivity index (χ2v) is 5.41. The van der Waals surface area contributed by atoms with E-state index in [-0.39, 0.29) is 5.75 Å². The first-order valence-corrected chi connectivity index (χ1v) is 6.77.